The second-order valence-corrected chi connectivity index (χ2v) is 6.44. The van der Waals surface area contributed by atoms with Gasteiger partial charge in [-0.05, 0) is 37.0 Å². The van der Waals surface area contributed by atoms with Crippen LogP contribution < -0.4 is 5.32 Å². The van der Waals surface area contributed by atoms with Gasteiger partial charge < -0.3 is 5.32 Å². The minimum Gasteiger partial charge on any atom is -0.302 e. The van der Waals surface area contributed by atoms with Crippen LogP contribution in [0, 0.1) is 5.41 Å². The predicted octanol–water partition coefficient (Wildman–Crippen LogP) is 3.01. The molecule has 13 heavy (non-hydrogen) atoms. The average molecular weight is 199 g/mol. The van der Waals surface area contributed by atoms with Crippen LogP contribution in [0.5, 0.6) is 0 Å². The van der Waals surface area contributed by atoms with E-state index in [1.165, 1.54) is 44.4 Å². The molecule has 2 rings (SSSR count). The van der Waals surface area contributed by atoms with E-state index < -0.39 is 0 Å². The fourth-order valence-corrected chi connectivity index (χ4v) is 4.36. The maximum atomic E-state index is 3.79. The van der Waals surface area contributed by atoms with Crippen LogP contribution in [0.3, 0.4) is 0 Å². The first-order valence-electron chi connectivity index (χ1n) is 5.55. The minimum absolute atomic E-state index is 0.420. The van der Waals surface area contributed by atoms with Crippen LogP contribution in [0.1, 0.15) is 46.0 Å². The molecule has 1 saturated carbocycles. The topological polar surface area (TPSA) is 12.0 Å². The van der Waals surface area contributed by atoms with Gasteiger partial charge >= 0.3 is 0 Å². The maximum absolute atomic E-state index is 3.79. The van der Waals surface area contributed by atoms with Gasteiger partial charge in [0.25, 0.3) is 0 Å². The summed E-state index contributed by atoms with van der Waals surface area (Å²) in [6, 6.07) is 0. The van der Waals surface area contributed by atoms with E-state index in [9.17, 15) is 0 Å². The lowest BCUT2D eigenvalue weighted by molar-refractivity contribution is 0.137. The molecule has 0 aromatic rings. The van der Waals surface area contributed by atoms with E-state index in [0.29, 0.717) is 10.3 Å². The van der Waals surface area contributed by atoms with Crippen molar-refractivity contribution in [3.63, 3.8) is 0 Å². The summed E-state index contributed by atoms with van der Waals surface area (Å²) in [5, 5.41) is 3.79. The summed E-state index contributed by atoms with van der Waals surface area (Å²) in [6.45, 7) is 6.12. The standard InChI is InChI=1S/C11H21NS/c1-10(2)6-3-4-7-11(10)12-8-5-9-13-11/h12H,3-9H2,1-2H3. The van der Waals surface area contributed by atoms with Crippen molar-refractivity contribution in [1.82, 2.24) is 5.32 Å². The zero-order valence-corrected chi connectivity index (χ0v) is 9.67. The van der Waals surface area contributed by atoms with Gasteiger partial charge in [-0.2, -0.15) is 0 Å². The summed E-state index contributed by atoms with van der Waals surface area (Å²) in [4.78, 5) is 0.420. The summed E-state index contributed by atoms with van der Waals surface area (Å²) >= 11 is 2.18. The van der Waals surface area contributed by atoms with Crippen molar-refractivity contribution >= 4 is 11.8 Å². The molecular formula is C11H21NS. The first-order chi connectivity index (χ1) is 6.16. The van der Waals surface area contributed by atoms with Crippen LogP contribution >= 0.6 is 11.8 Å². The van der Waals surface area contributed by atoms with Gasteiger partial charge in [0.05, 0.1) is 4.87 Å². The minimum atomic E-state index is 0.420. The molecule has 1 N–H and O–H groups in total. The molecule has 1 unspecified atom stereocenters. The lowest BCUT2D eigenvalue weighted by Crippen LogP contribution is -2.57. The van der Waals surface area contributed by atoms with Crippen LogP contribution in [0.4, 0.5) is 0 Å². The molecule has 1 spiro atoms. The summed E-state index contributed by atoms with van der Waals surface area (Å²) in [5.41, 5.74) is 0.496. The van der Waals surface area contributed by atoms with Crippen molar-refractivity contribution in [2.24, 2.45) is 5.41 Å². The number of rotatable bonds is 0. The summed E-state index contributed by atoms with van der Waals surface area (Å²) in [7, 11) is 0. The van der Waals surface area contributed by atoms with Crippen LogP contribution in [0.2, 0.25) is 0 Å². The number of thioether (sulfide) groups is 1. The molecule has 0 bridgehead atoms. The average Bonchev–Trinajstić information content (AvgIpc) is 2.12. The lowest BCUT2D eigenvalue weighted by atomic mass is 9.72. The largest absolute Gasteiger partial charge is 0.302 e. The first-order valence-corrected chi connectivity index (χ1v) is 6.54. The number of hydrogen-bond donors (Lipinski definition) is 1. The Morgan fingerprint density at radius 3 is 2.46 bits per heavy atom. The summed E-state index contributed by atoms with van der Waals surface area (Å²) < 4.78 is 0. The van der Waals surface area contributed by atoms with E-state index in [1.807, 2.05) is 0 Å². The van der Waals surface area contributed by atoms with Gasteiger partial charge in [0, 0.05) is 0 Å². The quantitative estimate of drug-likeness (QED) is 0.643. The second kappa shape index (κ2) is 3.47. The zero-order chi connectivity index (χ0) is 9.36. The molecule has 76 valence electrons. The summed E-state index contributed by atoms with van der Waals surface area (Å²) in [5.74, 6) is 1.36. The molecular weight excluding hydrogens is 178 g/mol. The van der Waals surface area contributed by atoms with Crippen LogP contribution in [0.15, 0.2) is 0 Å². The number of nitrogens with one attached hydrogen (secondary N) is 1. The molecule has 2 heteroatoms. The van der Waals surface area contributed by atoms with Gasteiger partial charge in [0.2, 0.25) is 0 Å². The molecule has 0 aromatic heterocycles. The Kier molecular flexibility index (Phi) is 2.63. The Bertz CT molecular complexity index is 174. The second-order valence-electron chi connectivity index (χ2n) is 5.05. The molecule has 2 aliphatic rings. The van der Waals surface area contributed by atoms with Gasteiger partial charge in [-0.3, -0.25) is 0 Å². The smallest absolute Gasteiger partial charge is 0.0696 e. The third-order valence-corrected chi connectivity index (χ3v) is 5.64. The molecule has 0 amide bonds. The Hall–Kier alpha value is 0.310. The molecule has 1 saturated heterocycles. The molecule has 1 aliphatic heterocycles. The molecule has 0 aromatic carbocycles. The third kappa shape index (κ3) is 1.63. The van der Waals surface area contributed by atoms with E-state index in [-0.39, 0.29) is 0 Å². The molecule has 1 heterocycles. The maximum Gasteiger partial charge on any atom is 0.0696 e. The van der Waals surface area contributed by atoms with E-state index in [1.54, 1.807) is 0 Å². The van der Waals surface area contributed by atoms with Crippen molar-refractivity contribution in [2.45, 2.75) is 50.8 Å². The van der Waals surface area contributed by atoms with E-state index in [4.69, 9.17) is 0 Å². The fraction of sp³-hybridized carbons (Fsp3) is 1.00. The SMILES string of the molecule is CC1(C)CCCCC12NCCCS2. The molecule has 2 fully saturated rings. The highest BCUT2D eigenvalue weighted by molar-refractivity contribution is 8.00. The molecule has 1 atom stereocenters. The van der Waals surface area contributed by atoms with Crippen molar-refractivity contribution in [2.75, 3.05) is 12.3 Å². The van der Waals surface area contributed by atoms with E-state index in [2.05, 4.69) is 30.9 Å². The Morgan fingerprint density at radius 2 is 1.85 bits per heavy atom. The van der Waals surface area contributed by atoms with Crippen LogP contribution in [0.25, 0.3) is 0 Å². The van der Waals surface area contributed by atoms with Crippen molar-refractivity contribution < 1.29 is 0 Å². The number of hydrogen-bond acceptors (Lipinski definition) is 2. The monoisotopic (exact) mass is 199 g/mol. The Morgan fingerprint density at radius 1 is 1.08 bits per heavy atom. The van der Waals surface area contributed by atoms with Crippen molar-refractivity contribution in [3.8, 4) is 0 Å². The van der Waals surface area contributed by atoms with Gasteiger partial charge in [0.1, 0.15) is 0 Å². The summed E-state index contributed by atoms with van der Waals surface area (Å²) in [6.07, 6.45) is 6.97. The van der Waals surface area contributed by atoms with Crippen LogP contribution in [-0.4, -0.2) is 17.2 Å². The normalized spacial score (nSPS) is 39.2. The highest BCUT2D eigenvalue weighted by atomic mass is 32.2. The Balaban J connectivity index is 2.16. The fourth-order valence-electron chi connectivity index (χ4n) is 2.74. The highest BCUT2D eigenvalue weighted by Gasteiger charge is 2.47. The molecule has 0 radical (unpaired) electrons. The Labute approximate surface area is 86.0 Å². The van der Waals surface area contributed by atoms with Crippen molar-refractivity contribution in [3.05, 3.63) is 0 Å². The van der Waals surface area contributed by atoms with Gasteiger partial charge in [-0.15, -0.1) is 11.8 Å². The van der Waals surface area contributed by atoms with Crippen molar-refractivity contribution in [1.29, 1.82) is 0 Å². The highest BCUT2D eigenvalue weighted by Crippen LogP contribution is 2.51. The van der Waals surface area contributed by atoms with Gasteiger partial charge in [0.15, 0.2) is 0 Å². The first kappa shape index (κ1) is 9.85. The van der Waals surface area contributed by atoms with Gasteiger partial charge in [-0.1, -0.05) is 26.7 Å². The van der Waals surface area contributed by atoms with E-state index in [0.717, 1.165) is 0 Å². The molecule has 1 nitrogen and oxygen atoms in total. The van der Waals surface area contributed by atoms with Crippen LogP contribution in [-0.2, 0) is 0 Å². The third-order valence-electron chi connectivity index (χ3n) is 3.75. The predicted molar refractivity (Wildman–Crippen MR) is 60.1 cm³/mol. The zero-order valence-electron chi connectivity index (χ0n) is 8.86. The molecule has 1 aliphatic carbocycles. The van der Waals surface area contributed by atoms with Gasteiger partial charge in [-0.25, -0.2) is 0 Å². The lowest BCUT2D eigenvalue weighted by Gasteiger charge is -2.52. The van der Waals surface area contributed by atoms with E-state index >= 15 is 0 Å².